The van der Waals surface area contributed by atoms with Gasteiger partial charge in [0.25, 0.3) is 0 Å². The molecule has 19 heavy (non-hydrogen) atoms. The van der Waals surface area contributed by atoms with E-state index in [1.807, 2.05) is 18.2 Å². The third kappa shape index (κ3) is 3.05. The minimum atomic E-state index is -0.931. The third-order valence-corrected chi connectivity index (χ3v) is 2.81. The molecule has 1 atom stereocenters. The summed E-state index contributed by atoms with van der Waals surface area (Å²) < 4.78 is 0. The van der Waals surface area contributed by atoms with Crippen molar-refractivity contribution in [3.63, 3.8) is 0 Å². The number of nitrogens with zero attached hydrogens (tertiary/aromatic N) is 2. The van der Waals surface area contributed by atoms with Gasteiger partial charge in [-0.05, 0) is 43.2 Å². The van der Waals surface area contributed by atoms with E-state index < -0.39 is 6.23 Å². The fourth-order valence-corrected chi connectivity index (χ4v) is 1.94. The highest BCUT2D eigenvalue weighted by molar-refractivity contribution is 5.48. The van der Waals surface area contributed by atoms with Crippen molar-refractivity contribution in [2.24, 2.45) is 0 Å². The summed E-state index contributed by atoms with van der Waals surface area (Å²) in [6, 6.07) is 8.80. The standard InChI is InChI=1S/C15H17N2O2/c1-12-7-6-10-15(11-12)16(13(2)18)17(19)14-8-4-3-5-9-14/h3-6,8-11,13,18H,1,7H2,2H3/q-1. The lowest BCUT2D eigenvalue weighted by Gasteiger charge is -2.45. The summed E-state index contributed by atoms with van der Waals surface area (Å²) in [5.41, 5.74) is 2.00. The second-order valence-electron chi connectivity index (χ2n) is 4.42. The Morgan fingerprint density at radius 2 is 2.00 bits per heavy atom. The highest BCUT2D eigenvalue weighted by atomic mass is 16.6. The highest BCUT2D eigenvalue weighted by Gasteiger charge is 2.17. The number of allylic oxidation sites excluding steroid dienone is 4. The van der Waals surface area contributed by atoms with E-state index in [-0.39, 0.29) is 0 Å². The summed E-state index contributed by atoms with van der Waals surface area (Å²) in [6.45, 7) is 5.44. The van der Waals surface area contributed by atoms with E-state index in [4.69, 9.17) is 0 Å². The van der Waals surface area contributed by atoms with Crippen LogP contribution in [0.1, 0.15) is 13.3 Å². The molecule has 0 heterocycles. The summed E-state index contributed by atoms with van der Waals surface area (Å²) in [6.07, 6.45) is 5.38. The van der Waals surface area contributed by atoms with Gasteiger partial charge < -0.3 is 15.5 Å². The smallest absolute Gasteiger partial charge is 0.142 e. The first kappa shape index (κ1) is 13.4. The van der Waals surface area contributed by atoms with Gasteiger partial charge in [0.15, 0.2) is 0 Å². The Labute approximate surface area is 113 Å². The molecule has 0 amide bonds. The van der Waals surface area contributed by atoms with Crippen molar-refractivity contribution in [1.29, 1.82) is 0 Å². The lowest BCUT2D eigenvalue weighted by Crippen LogP contribution is -2.43. The SMILES string of the molecule is C=C1C=C(N(C(C)O)N([O-])c2ccccc2)C=CC1. The van der Waals surface area contributed by atoms with Gasteiger partial charge in [0.05, 0.1) is 5.70 Å². The summed E-state index contributed by atoms with van der Waals surface area (Å²) in [5.74, 6) is 0. The Morgan fingerprint density at radius 3 is 2.58 bits per heavy atom. The van der Waals surface area contributed by atoms with Gasteiger partial charge in [-0.25, -0.2) is 0 Å². The Morgan fingerprint density at radius 1 is 1.32 bits per heavy atom. The molecule has 0 saturated heterocycles. The first-order chi connectivity index (χ1) is 9.09. The van der Waals surface area contributed by atoms with Crippen molar-refractivity contribution < 1.29 is 5.11 Å². The molecule has 2 rings (SSSR count). The number of benzene rings is 1. The molecular formula is C15H17N2O2-. The van der Waals surface area contributed by atoms with E-state index in [2.05, 4.69) is 6.58 Å². The molecule has 100 valence electrons. The Hall–Kier alpha value is -2.04. The summed E-state index contributed by atoms with van der Waals surface area (Å²) in [5, 5.41) is 24.2. The van der Waals surface area contributed by atoms with Gasteiger partial charge in [-0.2, -0.15) is 0 Å². The number of hydrogen-bond donors (Lipinski definition) is 1. The van der Waals surface area contributed by atoms with E-state index in [1.54, 1.807) is 37.3 Å². The lowest BCUT2D eigenvalue weighted by atomic mass is 10.1. The first-order valence-corrected chi connectivity index (χ1v) is 6.15. The van der Waals surface area contributed by atoms with Gasteiger partial charge >= 0.3 is 0 Å². The van der Waals surface area contributed by atoms with E-state index >= 15 is 0 Å². The molecular weight excluding hydrogens is 240 g/mol. The molecule has 0 saturated carbocycles. The molecule has 4 heteroatoms. The summed E-state index contributed by atoms with van der Waals surface area (Å²) in [7, 11) is 0. The molecule has 1 aromatic rings. The molecule has 1 N–H and O–H groups in total. The second-order valence-corrected chi connectivity index (χ2v) is 4.42. The first-order valence-electron chi connectivity index (χ1n) is 6.15. The van der Waals surface area contributed by atoms with Crippen LogP contribution in [0, 0.1) is 5.21 Å². The highest BCUT2D eigenvalue weighted by Crippen LogP contribution is 2.24. The predicted molar refractivity (Wildman–Crippen MR) is 76.8 cm³/mol. The molecule has 1 aliphatic rings. The minimum absolute atomic E-state index is 0.467. The molecule has 0 aromatic heterocycles. The summed E-state index contributed by atoms with van der Waals surface area (Å²) >= 11 is 0. The van der Waals surface area contributed by atoms with Crippen LogP contribution < -0.4 is 5.17 Å². The van der Waals surface area contributed by atoms with Crippen LogP contribution in [0.2, 0.25) is 0 Å². The van der Waals surface area contributed by atoms with Crippen LogP contribution in [0.3, 0.4) is 0 Å². The fourth-order valence-electron chi connectivity index (χ4n) is 1.94. The normalized spacial score (nSPS) is 15.9. The van der Waals surface area contributed by atoms with Crippen LogP contribution in [0.15, 0.2) is 66.4 Å². The van der Waals surface area contributed by atoms with Crippen LogP contribution in [-0.4, -0.2) is 16.3 Å². The van der Waals surface area contributed by atoms with Crippen LogP contribution in [0.5, 0.6) is 0 Å². The van der Waals surface area contributed by atoms with Crippen molar-refractivity contribution in [3.8, 4) is 0 Å². The van der Waals surface area contributed by atoms with E-state index in [0.29, 0.717) is 16.6 Å². The van der Waals surface area contributed by atoms with Gasteiger partial charge in [0, 0.05) is 5.69 Å². The molecule has 0 aliphatic heterocycles. The van der Waals surface area contributed by atoms with E-state index in [9.17, 15) is 10.3 Å². The largest absolute Gasteiger partial charge is 0.738 e. The van der Waals surface area contributed by atoms with Gasteiger partial charge in [0.1, 0.15) is 6.23 Å². The Bertz CT molecular complexity index is 506. The number of rotatable bonds is 4. The molecule has 1 aliphatic carbocycles. The minimum Gasteiger partial charge on any atom is -0.738 e. The number of aliphatic hydroxyl groups excluding tert-OH is 1. The molecule has 1 aromatic carbocycles. The monoisotopic (exact) mass is 257 g/mol. The van der Waals surface area contributed by atoms with Gasteiger partial charge in [-0.15, -0.1) is 0 Å². The van der Waals surface area contributed by atoms with Gasteiger partial charge in [-0.3, -0.25) is 5.01 Å². The third-order valence-electron chi connectivity index (χ3n) is 2.81. The van der Waals surface area contributed by atoms with Crippen LogP contribution in [0.4, 0.5) is 5.69 Å². The average Bonchev–Trinajstić information content (AvgIpc) is 2.39. The topological polar surface area (TPSA) is 49.8 Å². The maximum absolute atomic E-state index is 12.4. The van der Waals surface area contributed by atoms with Crippen molar-refractivity contribution in [1.82, 2.24) is 5.01 Å². The second kappa shape index (κ2) is 5.73. The lowest BCUT2D eigenvalue weighted by molar-refractivity contribution is 0.0462. The van der Waals surface area contributed by atoms with E-state index in [1.165, 1.54) is 5.01 Å². The molecule has 0 fully saturated rings. The number of aliphatic hydroxyl groups is 1. The van der Waals surface area contributed by atoms with Crippen molar-refractivity contribution in [3.05, 3.63) is 71.6 Å². The fraction of sp³-hybridized carbons (Fsp3) is 0.200. The quantitative estimate of drug-likeness (QED) is 0.665. The van der Waals surface area contributed by atoms with Crippen LogP contribution in [0.25, 0.3) is 0 Å². The van der Waals surface area contributed by atoms with Crippen molar-refractivity contribution in [2.75, 3.05) is 5.17 Å². The number of hydrogen-bond acceptors (Lipinski definition) is 4. The average molecular weight is 257 g/mol. The molecule has 4 nitrogen and oxygen atoms in total. The number of para-hydroxylation sites is 1. The van der Waals surface area contributed by atoms with E-state index in [0.717, 1.165) is 12.0 Å². The molecule has 0 radical (unpaired) electrons. The zero-order valence-corrected chi connectivity index (χ0v) is 10.9. The van der Waals surface area contributed by atoms with Crippen LogP contribution in [-0.2, 0) is 0 Å². The maximum Gasteiger partial charge on any atom is 0.142 e. The zero-order valence-electron chi connectivity index (χ0n) is 10.9. The summed E-state index contributed by atoms with van der Waals surface area (Å²) in [4.78, 5) is 0. The van der Waals surface area contributed by atoms with Crippen molar-refractivity contribution in [2.45, 2.75) is 19.6 Å². The predicted octanol–water partition coefficient (Wildman–Crippen LogP) is 2.95. The van der Waals surface area contributed by atoms with Crippen molar-refractivity contribution >= 4 is 5.69 Å². The molecule has 0 bridgehead atoms. The maximum atomic E-state index is 12.4. The Balaban J connectivity index is 2.31. The molecule has 0 spiro atoms. The molecule has 1 unspecified atom stereocenters. The zero-order chi connectivity index (χ0) is 13.8. The van der Waals surface area contributed by atoms with Crippen LogP contribution >= 0.6 is 0 Å². The number of anilines is 1. The van der Waals surface area contributed by atoms with Gasteiger partial charge in [0.2, 0.25) is 0 Å². The Kier molecular flexibility index (Phi) is 4.04. The van der Waals surface area contributed by atoms with Gasteiger partial charge in [-0.1, -0.05) is 30.9 Å². The number of hydrazine groups is 1.